The molecule has 1 amide bonds. The highest BCUT2D eigenvalue weighted by atomic mass is 16.6. The largest absolute Gasteiger partial charge is 0.438 e. The molecule has 0 atom stereocenters. The Kier molecular flexibility index (Phi) is 5.67. The van der Waals surface area contributed by atoms with Gasteiger partial charge in [-0.1, -0.05) is 54.6 Å². The molecule has 1 saturated carbocycles. The molecule has 6 nitrogen and oxygen atoms in total. The molecule has 2 aromatic heterocycles. The van der Waals surface area contributed by atoms with Crippen molar-refractivity contribution in [1.29, 1.82) is 0 Å². The quantitative estimate of drug-likeness (QED) is 0.376. The van der Waals surface area contributed by atoms with Gasteiger partial charge in [0.15, 0.2) is 0 Å². The Morgan fingerprint density at radius 1 is 1.00 bits per heavy atom. The van der Waals surface area contributed by atoms with Crippen LogP contribution in [0.2, 0.25) is 0 Å². The maximum atomic E-state index is 12.5. The maximum Gasteiger partial charge on any atom is 0.408 e. The zero-order chi connectivity index (χ0) is 24.6. The third-order valence-corrected chi connectivity index (χ3v) is 6.45. The Balaban J connectivity index is 1.54. The van der Waals surface area contributed by atoms with E-state index >= 15 is 0 Å². The number of pyridine rings is 2. The summed E-state index contributed by atoms with van der Waals surface area (Å²) in [5.74, 6) is 0. The summed E-state index contributed by atoms with van der Waals surface area (Å²) in [6.07, 6.45) is 3.84. The van der Waals surface area contributed by atoms with Crippen molar-refractivity contribution in [3.05, 3.63) is 88.8 Å². The predicted octanol–water partition coefficient (Wildman–Crippen LogP) is 6.16. The van der Waals surface area contributed by atoms with Crippen LogP contribution in [0, 0.1) is 0 Å². The van der Waals surface area contributed by atoms with Crippen molar-refractivity contribution < 1.29 is 9.53 Å². The lowest BCUT2D eigenvalue weighted by Crippen LogP contribution is -2.47. The lowest BCUT2D eigenvalue weighted by molar-refractivity contribution is -0.0549. The van der Waals surface area contributed by atoms with Crippen molar-refractivity contribution >= 4 is 17.0 Å². The van der Waals surface area contributed by atoms with Crippen molar-refractivity contribution in [2.24, 2.45) is 0 Å². The number of H-pyrrole nitrogens is 1. The number of aromatic amines is 1. The number of fused-ring (bicyclic) bond motifs is 1. The van der Waals surface area contributed by atoms with Crippen LogP contribution in [0.25, 0.3) is 33.3 Å². The van der Waals surface area contributed by atoms with Crippen molar-refractivity contribution in [1.82, 2.24) is 15.3 Å². The lowest BCUT2D eigenvalue weighted by Gasteiger charge is -2.42. The molecule has 1 aliphatic carbocycles. The monoisotopic (exact) mass is 467 g/mol. The molecule has 6 heteroatoms. The van der Waals surface area contributed by atoms with E-state index < -0.39 is 11.7 Å². The number of alkyl carbamates (subject to hydrolysis) is 1. The van der Waals surface area contributed by atoms with E-state index in [1.807, 2.05) is 87.5 Å². The van der Waals surface area contributed by atoms with Crippen molar-refractivity contribution in [2.75, 3.05) is 0 Å². The summed E-state index contributed by atoms with van der Waals surface area (Å²) >= 11 is 0. The molecule has 1 aliphatic rings. The molecule has 0 saturated heterocycles. The second-order valence-corrected chi connectivity index (χ2v) is 10.2. The minimum atomic E-state index is -0.597. The molecule has 0 bridgehead atoms. The first-order valence-corrected chi connectivity index (χ1v) is 11.9. The molecule has 2 aromatic carbocycles. The van der Waals surface area contributed by atoms with Gasteiger partial charge in [0.25, 0.3) is 5.56 Å². The van der Waals surface area contributed by atoms with Crippen LogP contribution >= 0.6 is 0 Å². The van der Waals surface area contributed by atoms with Crippen LogP contribution in [-0.4, -0.2) is 21.6 Å². The van der Waals surface area contributed by atoms with Gasteiger partial charge in [-0.25, -0.2) is 9.78 Å². The van der Waals surface area contributed by atoms with E-state index in [1.54, 1.807) is 6.20 Å². The fraction of sp³-hybridized carbons (Fsp3) is 0.276. The van der Waals surface area contributed by atoms with E-state index in [2.05, 4.69) is 10.3 Å². The molecule has 4 aromatic rings. The molecule has 0 radical (unpaired) electrons. The van der Waals surface area contributed by atoms with Crippen LogP contribution in [0.5, 0.6) is 0 Å². The zero-order valence-corrected chi connectivity index (χ0v) is 20.2. The molecule has 5 rings (SSSR count). The number of hydrogen-bond donors (Lipinski definition) is 2. The van der Waals surface area contributed by atoms with E-state index in [4.69, 9.17) is 9.72 Å². The number of carbonyl (C=O) groups excluding carboxylic acids is 1. The molecule has 0 spiro atoms. The van der Waals surface area contributed by atoms with Gasteiger partial charge in [-0.3, -0.25) is 4.79 Å². The molecule has 35 heavy (non-hydrogen) atoms. The van der Waals surface area contributed by atoms with E-state index in [1.165, 1.54) is 0 Å². The average Bonchev–Trinajstić information content (AvgIpc) is 2.81. The molecule has 0 aliphatic heterocycles. The van der Waals surface area contributed by atoms with Gasteiger partial charge in [-0.05, 0) is 63.3 Å². The summed E-state index contributed by atoms with van der Waals surface area (Å²) in [5.41, 5.74) is 4.12. The third kappa shape index (κ3) is 4.56. The maximum absolute atomic E-state index is 12.5. The number of rotatable bonds is 4. The minimum absolute atomic E-state index is 0.160. The first-order chi connectivity index (χ1) is 16.7. The van der Waals surface area contributed by atoms with E-state index in [0.29, 0.717) is 10.9 Å². The van der Waals surface area contributed by atoms with Gasteiger partial charge in [0, 0.05) is 22.9 Å². The summed E-state index contributed by atoms with van der Waals surface area (Å²) in [6, 6.07) is 21.8. The Morgan fingerprint density at radius 3 is 2.34 bits per heavy atom. The highest BCUT2D eigenvalue weighted by Crippen LogP contribution is 2.45. The van der Waals surface area contributed by atoms with Crippen LogP contribution in [0.1, 0.15) is 45.6 Å². The van der Waals surface area contributed by atoms with Gasteiger partial charge < -0.3 is 15.0 Å². The molecule has 1 fully saturated rings. The molecule has 2 N–H and O–H groups in total. The lowest BCUT2D eigenvalue weighted by atomic mass is 9.74. The van der Waals surface area contributed by atoms with Crippen LogP contribution < -0.4 is 10.9 Å². The second-order valence-electron chi connectivity index (χ2n) is 10.2. The summed E-state index contributed by atoms with van der Waals surface area (Å²) in [4.78, 5) is 32.6. The van der Waals surface area contributed by atoms with E-state index in [-0.39, 0.29) is 11.1 Å². The SMILES string of the molecule is CC(C)(C)NC(=O)OC1(c2ccc(-c3nc4cc[nH]c(=O)c4cc3-c3ccccc3)cc2)CCC1. The number of aromatic nitrogens is 2. The Labute approximate surface area is 204 Å². The minimum Gasteiger partial charge on any atom is -0.438 e. The van der Waals surface area contributed by atoms with E-state index in [0.717, 1.165) is 47.2 Å². The van der Waals surface area contributed by atoms with Gasteiger partial charge in [0.2, 0.25) is 0 Å². The van der Waals surface area contributed by atoms with Gasteiger partial charge in [-0.2, -0.15) is 0 Å². The van der Waals surface area contributed by atoms with Crippen molar-refractivity contribution in [2.45, 2.75) is 51.2 Å². The van der Waals surface area contributed by atoms with Gasteiger partial charge in [0.05, 0.1) is 16.6 Å². The first kappa shape index (κ1) is 22.8. The Hall–Kier alpha value is -3.93. The fourth-order valence-corrected chi connectivity index (χ4v) is 4.56. The van der Waals surface area contributed by atoms with Crippen LogP contribution in [-0.2, 0) is 10.3 Å². The first-order valence-electron chi connectivity index (χ1n) is 11.9. The van der Waals surface area contributed by atoms with Gasteiger partial charge >= 0.3 is 6.09 Å². The highest BCUT2D eigenvalue weighted by Gasteiger charge is 2.43. The highest BCUT2D eigenvalue weighted by molar-refractivity contribution is 5.91. The van der Waals surface area contributed by atoms with E-state index in [9.17, 15) is 9.59 Å². The van der Waals surface area contributed by atoms with Crippen LogP contribution in [0.3, 0.4) is 0 Å². The molecule has 0 unspecified atom stereocenters. The number of ether oxygens (including phenoxy) is 1. The number of carbonyl (C=O) groups is 1. The number of nitrogens with one attached hydrogen (secondary N) is 2. The summed E-state index contributed by atoms with van der Waals surface area (Å²) in [6.45, 7) is 5.81. The molecule has 178 valence electrons. The van der Waals surface area contributed by atoms with Crippen LogP contribution in [0.15, 0.2) is 77.7 Å². The third-order valence-electron chi connectivity index (χ3n) is 6.45. The van der Waals surface area contributed by atoms with Gasteiger partial charge in [0.1, 0.15) is 5.60 Å². The Bertz CT molecular complexity index is 1430. The van der Waals surface area contributed by atoms with Crippen molar-refractivity contribution in [3.8, 4) is 22.4 Å². The Morgan fingerprint density at radius 2 is 1.71 bits per heavy atom. The smallest absolute Gasteiger partial charge is 0.408 e. The average molecular weight is 468 g/mol. The van der Waals surface area contributed by atoms with Crippen LogP contribution in [0.4, 0.5) is 4.79 Å². The number of amides is 1. The summed E-state index contributed by atoms with van der Waals surface area (Å²) < 4.78 is 5.94. The fourth-order valence-electron chi connectivity index (χ4n) is 4.56. The topological polar surface area (TPSA) is 84.1 Å². The van der Waals surface area contributed by atoms with Crippen molar-refractivity contribution in [3.63, 3.8) is 0 Å². The van der Waals surface area contributed by atoms with Gasteiger partial charge in [-0.15, -0.1) is 0 Å². The number of hydrogen-bond acceptors (Lipinski definition) is 4. The second kappa shape index (κ2) is 8.69. The zero-order valence-electron chi connectivity index (χ0n) is 20.2. The molecule has 2 heterocycles. The summed E-state index contributed by atoms with van der Waals surface area (Å²) in [7, 11) is 0. The predicted molar refractivity (Wildman–Crippen MR) is 138 cm³/mol. The normalized spacial score (nSPS) is 14.8. The summed E-state index contributed by atoms with van der Waals surface area (Å²) in [5, 5.41) is 3.45. The molecular weight excluding hydrogens is 438 g/mol. The standard InChI is InChI=1S/C29H29N3O3/c1-28(2,3)32-27(34)35-29(15-7-16-29)21-12-10-20(11-13-21)25-22(19-8-5-4-6-9-19)18-23-24(31-25)14-17-30-26(23)33/h4-6,8-14,17-18H,7,15-16H2,1-3H3,(H,30,33)(H,32,34). The molecular formula is C29H29N3O3. The number of benzene rings is 2. The number of nitrogens with zero attached hydrogens (tertiary/aromatic N) is 1.